The van der Waals surface area contributed by atoms with Crippen LogP contribution in [0.5, 0.6) is 0 Å². The Balaban J connectivity index is 3.25. The second-order valence-electron chi connectivity index (χ2n) is 8.19. The minimum absolute atomic E-state index is 0.340. The molecular formula is C21H32O11Si. The van der Waals surface area contributed by atoms with E-state index >= 15 is 0 Å². The molecule has 1 rings (SSSR count). The SMILES string of the molecule is C=C(/C=C/OC1O[C@H](COC(C)=O)[C@@H](OC(C)=O)[C@H](OC(C)=O)[C@H]1OC(C)=O)O[Si](C)(C)C. The van der Waals surface area contributed by atoms with Gasteiger partial charge in [0.15, 0.2) is 12.2 Å². The highest BCUT2D eigenvalue weighted by molar-refractivity contribution is 6.70. The first-order valence-corrected chi connectivity index (χ1v) is 13.6. The van der Waals surface area contributed by atoms with Crippen LogP contribution in [0.2, 0.25) is 19.6 Å². The van der Waals surface area contributed by atoms with Crippen molar-refractivity contribution in [2.45, 2.75) is 78.0 Å². The summed E-state index contributed by atoms with van der Waals surface area (Å²) in [6, 6.07) is 0. The largest absolute Gasteiger partial charge is 0.545 e. The van der Waals surface area contributed by atoms with E-state index < -0.39 is 62.9 Å². The van der Waals surface area contributed by atoms with Crippen LogP contribution < -0.4 is 0 Å². The number of carbonyl (C=O) groups is 4. The summed E-state index contributed by atoms with van der Waals surface area (Å²) < 4.78 is 38.0. The van der Waals surface area contributed by atoms with Crippen LogP contribution in [-0.4, -0.2) is 69.5 Å². The molecule has 0 aromatic carbocycles. The van der Waals surface area contributed by atoms with E-state index in [2.05, 4.69) is 6.58 Å². The quantitative estimate of drug-likeness (QED) is 0.147. The van der Waals surface area contributed by atoms with E-state index in [1.807, 2.05) is 19.6 Å². The summed E-state index contributed by atoms with van der Waals surface area (Å²) in [7, 11) is -1.89. The van der Waals surface area contributed by atoms with E-state index in [0.717, 1.165) is 20.8 Å². The predicted molar refractivity (Wildman–Crippen MR) is 116 cm³/mol. The molecule has 0 aromatic rings. The highest BCUT2D eigenvalue weighted by Gasteiger charge is 2.53. The fourth-order valence-corrected chi connectivity index (χ4v) is 3.77. The molecule has 0 bridgehead atoms. The number of carbonyl (C=O) groups excluding carboxylic acids is 4. The van der Waals surface area contributed by atoms with Crippen LogP contribution in [0.25, 0.3) is 0 Å². The molecule has 0 N–H and O–H groups in total. The topological polar surface area (TPSA) is 133 Å². The standard InChI is InChI=1S/C21H32O11Si/c1-12(32-33(6,7)8)9-10-26-21-20(30-16(5)25)19(29-15(4)24)18(28-14(3)23)17(31-21)11-27-13(2)22/h9-10,17-21H,1,11H2,2-8H3/b10-9+/t17-,18-,19+,20-,21?/m1/s1. The van der Waals surface area contributed by atoms with Gasteiger partial charge in [0.05, 0.1) is 12.0 Å². The Morgan fingerprint density at radius 2 is 1.36 bits per heavy atom. The Labute approximate surface area is 194 Å². The molecule has 1 heterocycles. The third-order valence-corrected chi connectivity index (χ3v) is 4.73. The smallest absolute Gasteiger partial charge is 0.303 e. The lowest BCUT2D eigenvalue weighted by Gasteiger charge is -2.43. The minimum Gasteiger partial charge on any atom is -0.545 e. The molecule has 186 valence electrons. The van der Waals surface area contributed by atoms with Gasteiger partial charge in [-0.2, -0.15) is 0 Å². The van der Waals surface area contributed by atoms with Gasteiger partial charge in [-0.1, -0.05) is 6.58 Å². The molecule has 0 aliphatic carbocycles. The average Bonchev–Trinajstić information content (AvgIpc) is 2.62. The van der Waals surface area contributed by atoms with Crippen molar-refractivity contribution in [2.24, 2.45) is 0 Å². The summed E-state index contributed by atoms with van der Waals surface area (Å²) in [5.41, 5.74) is 0. The Morgan fingerprint density at radius 3 is 1.85 bits per heavy atom. The van der Waals surface area contributed by atoms with Gasteiger partial charge >= 0.3 is 23.9 Å². The fraction of sp³-hybridized carbons (Fsp3) is 0.619. The van der Waals surface area contributed by atoms with Gasteiger partial charge in [-0.05, 0) is 19.6 Å². The van der Waals surface area contributed by atoms with Gasteiger partial charge in [-0.25, -0.2) is 0 Å². The predicted octanol–water partition coefficient (Wildman–Crippen LogP) is 1.96. The molecule has 1 unspecified atom stereocenters. The van der Waals surface area contributed by atoms with Gasteiger partial charge < -0.3 is 32.8 Å². The summed E-state index contributed by atoms with van der Waals surface area (Å²) in [6.07, 6.45) is -3.57. The second-order valence-corrected chi connectivity index (χ2v) is 12.6. The first-order chi connectivity index (χ1) is 15.2. The third-order valence-electron chi connectivity index (χ3n) is 3.85. The molecule has 0 saturated carbocycles. The zero-order valence-corrected chi connectivity index (χ0v) is 20.9. The summed E-state index contributed by atoms with van der Waals surface area (Å²) >= 11 is 0. The molecule has 12 heteroatoms. The van der Waals surface area contributed by atoms with Gasteiger partial charge in [0.1, 0.15) is 12.7 Å². The molecular weight excluding hydrogens is 456 g/mol. The number of hydrogen-bond donors (Lipinski definition) is 0. The summed E-state index contributed by atoms with van der Waals surface area (Å²) in [5.74, 6) is -2.42. The van der Waals surface area contributed by atoms with E-state index in [1.165, 1.54) is 19.3 Å². The number of rotatable bonds is 10. The summed E-state index contributed by atoms with van der Waals surface area (Å²) in [5, 5.41) is 0. The van der Waals surface area contributed by atoms with Crippen LogP contribution in [0.3, 0.4) is 0 Å². The highest BCUT2D eigenvalue weighted by Crippen LogP contribution is 2.30. The van der Waals surface area contributed by atoms with Crippen molar-refractivity contribution in [3.05, 3.63) is 24.7 Å². The number of hydrogen-bond acceptors (Lipinski definition) is 11. The van der Waals surface area contributed by atoms with Crippen molar-refractivity contribution in [3.63, 3.8) is 0 Å². The lowest BCUT2D eigenvalue weighted by atomic mass is 9.98. The lowest BCUT2D eigenvalue weighted by molar-refractivity contribution is -0.297. The van der Waals surface area contributed by atoms with Crippen LogP contribution in [0, 0.1) is 0 Å². The van der Waals surface area contributed by atoms with Crippen molar-refractivity contribution in [1.29, 1.82) is 0 Å². The van der Waals surface area contributed by atoms with E-state index in [4.69, 9.17) is 32.8 Å². The third kappa shape index (κ3) is 10.5. The zero-order valence-electron chi connectivity index (χ0n) is 19.9. The van der Waals surface area contributed by atoms with Gasteiger partial charge in [-0.3, -0.25) is 19.2 Å². The maximum atomic E-state index is 11.8. The van der Waals surface area contributed by atoms with Crippen LogP contribution in [-0.2, 0) is 52.0 Å². The molecule has 0 aromatic heterocycles. The Hall–Kier alpha value is -2.86. The summed E-state index contributed by atoms with van der Waals surface area (Å²) in [6.45, 7) is 14.0. The molecule has 1 fully saturated rings. The molecule has 11 nitrogen and oxygen atoms in total. The van der Waals surface area contributed by atoms with Crippen LogP contribution in [0.15, 0.2) is 24.7 Å². The van der Waals surface area contributed by atoms with Crippen LogP contribution in [0.1, 0.15) is 27.7 Å². The lowest BCUT2D eigenvalue weighted by Crippen LogP contribution is -2.62. The maximum Gasteiger partial charge on any atom is 0.303 e. The number of ether oxygens (including phenoxy) is 6. The molecule has 0 radical (unpaired) electrons. The monoisotopic (exact) mass is 488 g/mol. The van der Waals surface area contributed by atoms with Crippen molar-refractivity contribution in [1.82, 2.24) is 0 Å². The van der Waals surface area contributed by atoms with Crippen molar-refractivity contribution in [2.75, 3.05) is 6.61 Å². The van der Waals surface area contributed by atoms with Crippen molar-refractivity contribution >= 4 is 32.2 Å². The molecule has 0 spiro atoms. The highest BCUT2D eigenvalue weighted by atomic mass is 28.4. The summed E-state index contributed by atoms with van der Waals surface area (Å²) in [4.78, 5) is 46.6. The number of esters is 4. The minimum atomic E-state index is -1.89. The maximum absolute atomic E-state index is 11.8. The van der Waals surface area contributed by atoms with Gasteiger partial charge in [-0.15, -0.1) is 0 Å². The molecule has 0 amide bonds. The second kappa shape index (κ2) is 12.4. The Bertz CT molecular complexity index is 771. The first kappa shape index (κ1) is 28.2. The van der Waals surface area contributed by atoms with Gasteiger partial charge in [0.2, 0.25) is 20.7 Å². The van der Waals surface area contributed by atoms with E-state index in [9.17, 15) is 19.2 Å². The fourth-order valence-electron chi connectivity index (χ4n) is 2.92. The van der Waals surface area contributed by atoms with E-state index in [1.54, 1.807) is 0 Å². The molecule has 33 heavy (non-hydrogen) atoms. The zero-order chi connectivity index (χ0) is 25.3. The molecule has 5 atom stereocenters. The normalized spacial score (nSPS) is 25.0. The van der Waals surface area contributed by atoms with Gasteiger partial charge in [0, 0.05) is 33.8 Å². The van der Waals surface area contributed by atoms with Crippen molar-refractivity contribution in [3.8, 4) is 0 Å². The average molecular weight is 489 g/mol. The van der Waals surface area contributed by atoms with Crippen LogP contribution >= 0.6 is 0 Å². The van der Waals surface area contributed by atoms with E-state index in [-0.39, 0.29) is 6.61 Å². The molecule has 1 aliphatic heterocycles. The Morgan fingerprint density at radius 1 is 0.848 bits per heavy atom. The molecule has 1 aliphatic rings. The first-order valence-electron chi connectivity index (χ1n) is 10.2. The van der Waals surface area contributed by atoms with Gasteiger partial charge in [0.25, 0.3) is 0 Å². The van der Waals surface area contributed by atoms with Crippen LogP contribution in [0.4, 0.5) is 0 Å². The van der Waals surface area contributed by atoms with E-state index in [0.29, 0.717) is 5.76 Å². The Kier molecular flexibility index (Phi) is 10.6. The number of allylic oxidation sites excluding steroid dienone is 1. The van der Waals surface area contributed by atoms with Crippen molar-refractivity contribution < 1.29 is 52.0 Å². The molecule has 1 saturated heterocycles.